The van der Waals surface area contributed by atoms with Crippen LogP contribution in [-0.4, -0.2) is 9.97 Å². The van der Waals surface area contributed by atoms with E-state index in [1.165, 1.54) is 5.56 Å². The normalized spacial score (nSPS) is 12.6. The summed E-state index contributed by atoms with van der Waals surface area (Å²) in [6.07, 6.45) is 1.72. The van der Waals surface area contributed by atoms with Gasteiger partial charge in [-0.25, -0.2) is 9.97 Å². The van der Waals surface area contributed by atoms with Crippen molar-refractivity contribution in [3.63, 3.8) is 0 Å². The first-order valence-corrected chi connectivity index (χ1v) is 5.07. The van der Waals surface area contributed by atoms with E-state index >= 15 is 0 Å². The zero-order chi connectivity index (χ0) is 10.3. The van der Waals surface area contributed by atoms with Crippen molar-refractivity contribution in [3.8, 4) is 11.3 Å². The van der Waals surface area contributed by atoms with Crippen LogP contribution in [0, 0.1) is 0 Å². The SMILES string of the molecule is Clc1ncc2c(n1)-c1ccccc1CN2. The summed E-state index contributed by atoms with van der Waals surface area (Å²) in [6.45, 7) is 0.814. The quantitative estimate of drug-likeness (QED) is 0.690. The molecule has 1 aliphatic heterocycles. The van der Waals surface area contributed by atoms with E-state index in [0.717, 1.165) is 23.5 Å². The van der Waals surface area contributed by atoms with Crippen molar-refractivity contribution in [2.75, 3.05) is 5.32 Å². The Hall–Kier alpha value is -1.61. The van der Waals surface area contributed by atoms with Crippen LogP contribution in [0.2, 0.25) is 5.28 Å². The van der Waals surface area contributed by atoms with E-state index in [0.29, 0.717) is 0 Å². The van der Waals surface area contributed by atoms with Gasteiger partial charge in [0.25, 0.3) is 0 Å². The summed E-state index contributed by atoms with van der Waals surface area (Å²) < 4.78 is 0. The van der Waals surface area contributed by atoms with Crippen LogP contribution in [0.1, 0.15) is 5.56 Å². The molecular weight excluding hydrogens is 210 g/mol. The summed E-state index contributed by atoms with van der Waals surface area (Å²) in [4.78, 5) is 8.20. The molecule has 3 rings (SSSR count). The first-order valence-electron chi connectivity index (χ1n) is 4.69. The molecule has 1 aliphatic rings. The summed E-state index contributed by atoms with van der Waals surface area (Å²) in [6, 6.07) is 8.16. The lowest BCUT2D eigenvalue weighted by atomic mass is 10.0. The predicted octanol–water partition coefficient (Wildman–Crippen LogP) is 2.72. The number of hydrogen-bond acceptors (Lipinski definition) is 3. The molecule has 2 aromatic rings. The maximum atomic E-state index is 5.79. The number of aromatic nitrogens is 2. The Labute approximate surface area is 92.1 Å². The van der Waals surface area contributed by atoms with Gasteiger partial charge in [0, 0.05) is 12.1 Å². The lowest BCUT2D eigenvalue weighted by Gasteiger charge is -2.19. The molecule has 74 valence electrons. The molecule has 0 radical (unpaired) electrons. The number of hydrogen-bond donors (Lipinski definition) is 1. The lowest BCUT2D eigenvalue weighted by molar-refractivity contribution is 1.07. The van der Waals surface area contributed by atoms with Crippen LogP contribution in [0.5, 0.6) is 0 Å². The van der Waals surface area contributed by atoms with Crippen molar-refractivity contribution in [2.45, 2.75) is 6.54 Å². The fraction of sp³-hybridized carbons (Fsp3) is 0.0909. The molecule has 0 aliphatic carbocycles. The van der Waals surface area contributed by atoms with Crippen LogP contribution >= 0.6 is 11.6 Å². The second-order valence-electron chi connectivity index (χ2n) is 3.41. The molecule has 0 saturated carbocycles. The first-order chi connectivity index (χ1) is 7.34. The Kier molecular flexibility index (Phi) is 1.86. The van der Waals surface area contributed by atoms with Crippen LogP contribution in [0.15, 0.2) is 30.5 Å². The lowest BCUT2D eigenvalue weighted by Crippen LogP contribution is -2.10. The zero-order valence-corrected chi connectivity index (χ0v) is 8.62. The second kappa shape index (κ2) is 3.21. The molecule has 1 N–H and O–H groups in total. The Bertz CT molecular complexity index is 525. The summed E-state index contributed by atoms with van der Waals surface area (Å²) >= 11 is 5.79. The minimum atomic E-state index is 0.284. The highest BCUT2D eigenvalue weighted by molar-refractivity contribution is 6.28. The van der Waals surface area contributed by atoms with Gasteiger partial charge in [-0.2, -0.15) is 0 Å². The third-order valence-electron chi connectivity index (χ3n) is 2.50. The van der Waals surface area contributed by atoms with Crippen molar-refractivity contribution in [1.29, 1.82) is 0 Å². The molecule has 0 bridgehead atoms. The maximum Gasteiger partial charge on any atom is 0.223 e. The van der Waals surface area contributed by atoms with Crippen molar-refractivity contribution in [2.24, 2.45) is 0 Å². The third kappa shape index (κ3) is 1.36. The highest BCUT2D eigenvalue weighted by Crippen LogP contribution is 2.33. The van der Waals surface area contributed by atoms with Gasteiger partial charge < -0.3 is 5.32 Å². The van der Waals surface area contributed by atoms with Crippen molar-refractivity contribution < 1.29 is 0 Å². The summed E-state index contributed by atoms with van der Waals surface area (Å²) in [5.74, 6) is 0. The van der Waals surface area contributed by atoms with Gasteiger partial charge in [-0.1, -0.05) is 24.3 Å². The van der Waals surface area contributed by atoms with Gasteiger partial charge in [0.2, 0.25) is 5.28 Å². The van der Waals surface area contributed by atoms with Gasteiger partial charge >= 0.3 is 0 Å². The Balaban J connectivity index is 2.28. The molecule has 3 nitrogen and oxygen atoms in total. The van der Waals surface area contributed by atoms with E-state index in [-0.39, 0.29) is 5.28 Å². The maximum absolute atomic E-state index is 5.79. The average molecular weight is 218 g/mol. The van der Waals surface area contributed by atoms with Crippen molar-refractivity contribution >= 4 is 17.3 Å². The average Bonchev–Trinajstić information content (AvgIpc) is 2.29. The number of nitrogens with zero attached hydrogens (tertiary/aromatic N) is 2. The zero-order valence-electron chi connectivity index (χ0n) is 7.87. The topological polar surface area (TPSA) is 37.8 Å². The molecule has 15 heavy (non-hydrogen) atoms. The fourth-order valence-corrected chi connectivity index (χ4v) is 1.92. The van der Waals surface area contributed by atoms with Crippen molar-refractivity contribution in [1.82, 2.24) is 9.97 Å². The minimum Gasteiger partial charge on any atom is -0.378 e. The standard InChI is InChI=1S/C11H8ClN3/c12-11-14-6-9-10(15-11)8-4-2-1-3-7(8)5-13-9/h1-4,6,13H,5H2. The Morgan fingerprint density at radius 1 is 1.27 bits per heavy atom. The number of rotatable bonds is 0. The smallest absolute Gasteiger partial charge is 0.223 e. The molecule has 0 fully saturated rings. The van der Waals surface area contributed by atoms with E-state index in [4.69, 9.17) is 11.6 Å². The predicted molar refractivity (Wildman–Crippen MR) is 59.8 cm³/mol. The highest BCUT2D eigenvalue weighted by atomic mass is 35.5. The molecule has 0 saturated heterocycles. The number of halogens is 1. The summed E-state index contributed by atoms with van der Waals surface area (Å²) in [7, 11) is 0. The third-order valence-corrected chi connectivity index (χ3v) is 2.68. The van der Waals surface area contributed by atoms with Crippen LogP contribution in [0.3, 0.4) is 0 Å². The van der Waals surface area contributed by atoms with Gasteiger partial charge in [0.15, 0.2) is 0 Å². The van der Waals surface area contributed by atoms with Gasteiger partial charge in [0.05, 0.1) is 17.6 Å². The first kappa shape index (κ1) is 8.68. The Morgan fingerprint density at radius 3 is 3.07 bits per heavy atom. The second-order valence-corrected chi connectivity index (χ2v) is 3.75. The molecule has 0 unspecified atom stereocenters. The van der Waals surface area contributed by atoms with Crippen LogP contribution in [0.25, 0.3) is 11.3 Å². The molecule has 1 aromatic carbocycles. The molecule has 0 amide bonds. The van der Waals surface area contributed by atoms with Gasteiger partial charge in [-0.05, 0) is 17.2 Å². The number of fused-ring (bicyclic) bond motifs is 3. The van der Waals surface area contributed by atoms with E-state index in [9.17, 15) is 0 Å². The van der Waals surface area contributed by atoms with Gasteiger partial charge in [-0.3, -0.25) is 0 Å². The Morgan fingerprint density at radius 2 is 2.13 bits per heavy atom. The molecule has 4 heteroatoms. The van der Waals surface area contributed by atoms with Crippen molar-refractivity contribution in [3.05, 3.63) is 41.3 Å². The molecule has 0 atom stereocenters. The van der Waals surface area contributed by atoms with E-state index in [1.54, 1.807) is 6.20 Å². The highest BCUT2D eigenvalue weighted by Gasteiger charge is 2.16. The van der Waals surface area contributed by atoms with E-state index in [1.807, 2.05) is 12.1 Å². The number of anilines is 1. The minimum absolute atomic E-state index is 0.284. The van der Waals surface area contributed by atoms with E-state index in [2.05, 4.69) is 27.4 Å². The fourth-order valence-electron chi connectivity index (χ4n) is 1.79. The van der Waals surface area contributed by atoms with Crippen LogP contribution in [0.4, 0.5) is 5.69 Å². The van der Waals surface area contributed by atoms with E-state index < -0.39 is 0 Å². The number of benzene rings is 1. The molecule has 1 aromatic heterocycles. The molecular formula is C11H8ClN3. The van der Waals surface area contributed by atoms with Crippen LogP contribution in [-0.2, 0) is 6.54 Å². The monoisotopic (exact) mass is 217 g/mol. The molecule has 2 heterocycles. The largest absolute Gasteiger partial charge is 0.378 e. The summed E-state index contributed by atoms with van der Waals surface area (Å²) in [5.41, 5.74) is 4.20. The van der Waals surface area contributed by atoms with Crippen LogP contribution < -0.4 is 5.32 Å². The number of nitrogens with one attached hydrogen (secondary N) is 1. The van der Waals surface area contributed by atoms with Gasteiger partial charge in [0.1, 0.15) is 0 Å². The molecule has 0 spiro atoms. The van der Waals surface area contributed by atoms with Gasteiger partial charge in [-0.15, -0.1) is 0 Å². The summed E-state index contributed by atoms with van der Waals surface area (Å²) in [5, 5.41) is 3.55.